The van der Waals surface area contributed by atoms with Crippen molar-refractivity contribution < 1.29 is 18.7 Å². The Morgan fingerprint density at radius 3 is 2.74 bits per heavy atom. The summed E-state index contributed by atoms with van der Waals surface area (Å²) >= 11 is 1.43. The molecule has 1 fully saturated rings. The molecule has 1 aliphatic heterocycles. The number of anilines is 2. The molecule has 3 aromatic carbocycles. The van der Waals surface area contributed by atoms with Crippen molar-refractivity contribution in [3.63, 3.8) is 0 Å². The summed E-state index contributed by atoms with van der Waals surface area (Å²) in [6, 6.07) is 18.9. The van der Waals surface area contributed by atoms with Gasteiger partial charge in [-0.1, -0.05) is 24.3 Å². The molecule has 31 heavy (non-hydrogen) atoms. The number of hydrogen-bond acceptors (Lipinski definition) is 4. The zero-order valence-corrected chi connectivity index (χ0v) is 17.9. The third-order valence-electron chi connectivity index (χ3n) is 4.99. The second-order valence-electron chi connectivity index (χ2n) is 7.19. The van der Waals surface area contributed by atoms with Gasteiger partial charge in [-0.2, -0.15) is 0 Å². The van der Waals surface area contributed by atoms with E-state index in [1.54, 1.807) is 49.6 Å². The molecule has 0 saturated carbocycles. The van der Waals surface area contributed by atoms with Crippen LogP contribution in [0.25, 0.3) is 0 Å². The maximum absolute atomic E-state index is 14.5. The Morgan fingerprint density at radius 1 is 1.13 bits per heavy atom. The number of amides is 2. The number of thioether (sulfide) groups is 1. The maximum Gasteiger partial charge on any atom is 0.255 e. The van der Waals surface area contributed by atoms with Gasteiger partial charge in [0.25, 0.3) is 5.91 Å². The van der Waals surface area contributed by atoms with Gasteiger partial charge in [-0.3, -0.25) is 14.5 Å². The van der Waals surface area contributed by atoms with Crippen molar-refractivity contribution in [2.24, 2.45) is 0 Å². The van der Waals surface area contributed by atoms with Crippen LogP contribution in [0.2, 0.25) is 0 Å². The Hall–Kier alpha value is -3.32. The molecule has 0 radical (unpaired) electrons. The van der Waals surface area contributed by atoms with Crippen molar-refractivity contribution in [3.8, 4) is 5.75 Å². The first-order valence-corrected chi connectivity index (χ1v) is 10.8. The number of ether oxygens (including phenoxy) is 1. The first-order valence-electron chi connectivity index (χ1n) is 9.71. The van der Waals surface area contributed by atoms with Gasteiger partial charge in [0.1, 0.15) is 16.9 Å². The first kappa shape index (κ1) is 20.9. The minimum atomic E-state index is -0.436. The molecule has 1 atom stereocenters. The van der Waals surface area contributed by atoms with Gasteiger partial charge in [0.2, 0.25) is 5.91 Å². The maximum atomic E-state index is 14.5. The molecule has 7 heteroatoms. The summed E-state index contributed by atoms with van der Waals surface area (Å²) in [5.41, 5.74) is 3.01. The minimum absolute atomic E-state index is 0.148. The number of carbonyl (C=O) groups excluding carboxylic acids is 2. The van der Waals surface area contributed by atoms with E-state index < -0.39 is 5.82 Å². The SMILES string of the molecule is COc1cccc(C(=O)Nc2cccc([C@@H]3SCC(=O)N3c3cc(C)ccc3F)c2)c1. The van der Waals surface area contributed by atoms with Gasteiger partial charge < -0.3 is 10.1 Å². The van der Waals surface area contributed by atoms with Gasteiger partial charge in [-0.05, 0) is 60.5 Å². The highest BCUT2D eigenvalue weighted by molar-refractivity contribution is 8.00. The smallest absolute Gasteiger partial charge is 0.255 e. The van der Waals surface area contributed by atoms with Gasteiger partial charge in [-0.15, -0.1) is 11.8 Å². The van der Waals surface area contributed by atoms with E-state index in [1.807, 2.05) is 25.1 Å². The van der Waals surface area contributed by atoms with Crippen LogP contribution in [0, 0.1) is 12.7 Å². The number of carbonyl (C=O) groups is 2. The number of nitrogens with one attached hydrogen (secondary N) is 1. The van der Waals surface area contributed by atoms with E-state index in [0.29, 0.717) is 17.0 Å². The molecule has 0 aliphatic carbocycles. The number of rotatable bonds is 5. The second kappa shape index (κ2) is 8.81. The third-order valence-corrected chi connectivity index (χ3v) is 6.20. The van der Waals surface area contributed by atoms with Crippen LogP contribution in [0.4, 0.5) is 15.8 Å². The van der Waals surface area contributed by atoms with E-state index in [9.17, 15) is 14.0 Å². The second-order valence-corrected chi connectivity index (χ2v) is 8.26. The average Bonchev–Trinajstić information content (AvgIpc) is 3.17. The number of halogens is 1. The molecule has 1 saturated heterocycles. The van der Waals surface area contributed by atoms with Crippen LogP contribution in [0.3, 0.4) is 0 Å². The Labute approximate surface area is 184 Å². The Morgan fingerprint density at radius 2 is 1.94 bits per heavy atom. The topological polar surface area (TPSA) is 58.6 Å². The molecular formula is C24H21FN2O3S. The van der Waals surface area contributed by atoms with Crippen LogP contribution in [0.1, 0.15) is 26.9 Å². The monoisotopic (exact) mass is 436 g/mol. The molecule has 3 aromatic rings. The van der Waals surface area contributed by atoms with E-state index >= 15 is 0 Å². The standard InChI is InChI=1S/C24H21FN2O3S/c1-15-9-10-20(25)21(11-15)27-22(28)14-31-24(27)17-6-3-7-18(12-17)26-23(29)16-5-4-8-19(13-16)30-2/h3-13,24H,14H2,1-2H3,(H,26,29)/t24-/m0/s1. The quantitative estimate of drug-likeness (QED) is 0.599. The van der Waals surface area contributed by atoms with Gasteiger partial charge in [0, 0.05) is 11.3 Å². The average molecular weight is 437 g/mol. The fraction of sp³-hybridized carbons (Fsp3) is 0.167. The lowest BCUT2D eigenvalue weighted by Gasteiger charge is -2.25. The van der Waals surface area contributed by atoms with Crippen molar-refractivity contribution in [2.75, 3.05) is 23.1 Å². The predicted octanol–water partition coefficient (Wildman–Crippen LogP) is 5.17. The number of nitrogens with zero attached hydrogens (tertiary/aromatic N) is 1. The molecule has 2 amide bonds. The molecule has 1 aliphatic rings. The predicted molar refractivity (Wildman–Crippen MR) is 121 cm³/mol. The fourth-order valence-corrected chi connectivity index (χ4v) is 4.63. The molecule has 0 spiro atoms. The normalized spacial score (nSPS) is 15.8. The molecule has 158 valence electrons. The summed E-state index contributed by atoms with van der Waals surface area (Å²) in [4.78, 5) is 26.7. The number of aryl methyl sites for hydroxylation is 1. The molecule has 0 aromatic heterocycles. The zero-order chi connectivity index (χ0) is 22.0. The molecule has 5 nitrogen and oxygen atoms in total. The van der Waals surface area contributed by atoms with E-state index in [1.165, 1.54) is 22.7 Å². The molecule has 0 unspecified atom stereocenters. The summed E-state index contributed by atoms with van der Waals surface area (Å²) in [5.74, 6) is 0.00321. The van der Waals surface area contributed by atoms with Crippen LogP contribution in [-0.4, -0.2) is 24.7 Å². The van der Waals surface area contributed by atoms with Crippen LogP contribution in [0.5, 0.6) is 5.75 Å². The lowest BCUT2D eigenvalue weighted by Crippen LogP contribution is -2.28. The van der Waals surface area contributed by atoms with Gasteiger partial charge >= 0.3 is 0 Å². The van der Waals surface area contributed by atoms with Gasteiger partial charge in [-0.25, -0.2) is 4.39 Å². The van der Waals surface area contributed by atoms with Crippen molar-refractivity contribution in [1.29, 1.82) is 0 Å². The molecular weight excluding hydrogens is 415 g/mol. The zero-order valence-electron chi connectivity index (χ0n) is 17.1. The highest BCUT2D eigenvalue weighted by Crippen LogP contribution is 2.43. The summed E-state index contributed by atoms with van der Waals surface area (Å²) in [6.45, 7) is 1.86. The van der Waals surface area contributed by atoms with Crippen LogP contribution in [-0.2, 0) is 4.79 Å². The van der Waals surface area contributed by atoms with Crippen LogP contribution < -0.4 is 15.0 Å². The Balaban J connectivity index is 1.60. The molecule has 1 N–H and O–H groups in total. The summed E-state index contributed by atoms with van der Waals surface area (Å²) in [7, 11) is 1.55. The van der Waals surface area contributed by atoms with Crippen molar-refractivity contribution in [3.05, 3.63) is 89.2 Å². The fourth-order valence-electron chi connectivity index (χ4n) is 3.48. The van der Waals surface area contributed by atoms with Gasteiger partial charge in [0.15, 0.2) is 0 Å². The van der Waals surface area contributed by atoms with Crippen molar-refractivity contribution >= 4 is 35.0 Å². The first-order chi connectivity index (χ1) is 15.0. The van der Waals surface area contributed by atoms with Crippen LogP contribution in [0.15, 0.2) is 66.7 Å². The van der Waals surface area contributed by atoms with Crippen LogP contribution >= 0.6 is 11.8 Å². The summed E-state index contributed by atoms with van der Waals surface area (Å²) in [6.07, 6.45) is 0. The number of benzene rings is 3. The van der Waals surface area contributed by atoms with E-state index in [2.05, 4.69) is 5.32 Å². The Kier molecular flexibility index (Phi) is 5.95. The highest BCUT2D eigenvalue weighted by Gasteiger charge is 2.35. The highest BCUT2D eigenvalue weighted by atomic mass is 32.2. The molecule has 0 bridgehead atoms. The number of methoxy groups -OCH3 is 1. The van der Waals surface area contributed by atoms with Gasteiger partial charge in [0.05, 0.1) is 18.6 Å². The number of hydrogen-bond donors (Lipinski definition) is 1. The van der Waals surface area contributed by atoms with E-state index in [0.717, 1.165) is 11.1 Å². The summed E-state index contributed by atoms with van der Waals surface area (Å²) in [5, 5.41) is 2.50. The third kappa shape index (κ3) is 4.41. The minimum Gasteiger partial charge on any atom is -0.497 e. The van der Waals surface area contributed by atoms with Crippen molar-refractivity contribution in [1.82, 2.24) is 0 Å². The van der Waals surface area contributed by atoms with Crippen molar-refractivity contribution in [2.45, 2.75) is 12.3 Å². The summed E-state index contributed by atoms with van der Waals surface area (Å²) < 4.78 is 19.7. The van der Waals surface area contributed by atoms with E-state index in [-0.39, 0.29) is 28.6 Å². The largest absolute Gasteiger partial charge is 0.497 e. The molecule has 4 rings (SSSR count). The van der Waals surface area contributed by atoms with E-state index in [4.69, 9.17) is 4.74 Å². The molecule has 1 heterocycles. The lowest BCUT2D eigenvalue weighted by molar-refractivity contribution is -0.115. The Bertz CT molecular complexity index is 1150. The lowest BCUT2D eigenvalue weighted by atomic mass is 10.1.